The van der Waals surface area contributed by atoms with Gasteiger partial charge in [0.15, 0.2) is 0 Å². The average molecular weight is 215 g/mol. The molecular weight excluding hydrogens is 198 g/mol. The highest BCUT2D eigenvalue weighted by atomic mass is 16.5. The summed E-state index contributed by atoms with van der Waals surface area (Å²) in [5, 5.41) is 18.0. The molecule has 1 heterocycles. The Morgan fingerprint density at radius 3 is 3.07 bits per heavy atom. The normalized spacial score (nSPS) is 24.9. The third kappa shape index (κ3) is 4.92. The third-order valence-corrected chi connectivity index (χ3v) is 2.17. The highest BCUT2D eigenvalue weighted by Crippen LogP contribution is 2.04. The van der Waals surface area contributed by atoms with E-state index in [-0.39, 0.29) is 0 Å². The van der Waals surface area contributed by atoms with Gasteiger partial charge in [0.1, 0.15) is 0 Å². The molecule has 5 nitrogen and oxygen atoms in total. The van der Waals surface area contributed by atoms with E-state index in [1.165, 1.54) is 6.08 Å². The molecule has 0 aromatic rings. The monoisotopic (exact) mass is 215 g/mol. The van der Waals surface area contributed by atoms with Crippen LogP contribution in [0.1, 0.15) is 6.92 Å². The van der Waals surface area contributed by atoms with Crippen molar-refractivity contribution in [3.05, 3.63) is 11.6 Å². The van der Waals surface area contributed by atoms with Crippen LogP contribution in [-0.4, -0.2) is 60.0 Å². The van der Waals surface area contributed by atoms with Crippen molar-refractivity contribution in [3.63, 3.8) is 0 Å². The Morgan fingerprint density at radius 1 is 1.67 bits per heavy atom. The predicted octanol–water partition coefficient (Wildman–Crippen LogP) is -0.290. The molecular formula is C10H17NO4. The Bertz CT molecular complexity index is 252. The molecule has 5 heteroatoms. The zero-order valence-corrected chi connectivity index (χ0v) is 8.85. The molecule has 2 N–H and O–H groups in total. The second-order valence-electron chi connectivity index (χ2n) is 3.79. The van der Waals surface area contributed by atoms with E-state index in [0.717, 1.165) is 12.1 Å². The minimum absolute atomic E-state index is 0.359. The molecule has 15 heavy (non-hydrogen) atoms. The summed E-state index contributed by atoms with van der Waals surface area (Å²) in [5.41, 5.74) is 0.775. The van der Waals surface area contributed by atoms with E-state index in [9.17, 15) is 9.90 Å². The Labute approximate surface area is 89.0 Å². The van der Waals surface area contributed by atoms with Crippen molar-refractivity contribution in [1.82, 2.24) is 4.90 Å². The highest BCUT2D eigenvalue weighted by Gasteiger charge is 2.16. The van der Waals surface area contributed by atoms with Crippen LogP contribution >= 0.6 is 0 Å². The fourth-order valence-corrected chi connectivity index (χ4v) is 1.61. The van der Waals surface area contributed by atoms with Crippen LogP contribution in [0.5, 0.6) is 0 Å². The Morgan fingerprint density at radius 2 is 2.40 bits per heavy atom. The van der Waals surface area contributed by atoms with Crippen molar-refractivity contribution in [3.8, 4) is 0 Å². The van der Waals surface area contributed by atoms with E-state index >= 15 is 0 Å². The number of aliphatic carboxylic acids is 1. The maximum absolute atomic E-state index is 10.4. The maximum atomic E-state index is 10.4. The smallest absolute Gasteiger partial charge is 0.328 e. The molecule has 1 fully saturated rings. The summed E-state index contributed by atoms with van der Waals surface area (Å²) in [6.07, 6.45) is 0.711. The lowest BCUT2D eigenvalue weighted by molar-refractivity contribution is -0.131. The molecule has 1 atom stereocenters. The summed E-state index contributed by atoms with van der Waals surface area (Å²) in [6, 6.07) is 0. The molecule has 0 saturated carbocycles. The predicted molar refractivity (Wildman–Crippen MR) is 54.7 cm³/mol. The van der Waals surface area contributed by atoms with Crippen molar-refractivity contribution < 1.29 is 19.7 Å². The van der Waals surface area contributed by atoms with Crippen LogP contribution in [0.2, 0.25) is 0 Å². The number of ether oxygens (including phenoxy) is 1. The number of β-amino-alcohol motifs (C(OH)–C–C–N with tert-alkyl or cyclic N) is 1. The zero-order chi connectivity index (χ0) is 11.3. The molecule has 0 aromatic carbocycles. The largest absolute Gasteiger partial charge is 0.478 e. The lowest BCUT2D eigenvalue weighted by Crippen LogP contribution is -2.33. The Kier molecular flexibility index (Phi) is 4.74. The number of carbonyl (C=O) groups is 1. The minimum atomic E-state index is -0.931. The van der Waals surface area contributed by atoms with Crippen LogP contribution in [-0.2, 0) is 9.53 Å². The van der Waals surface area contributed by atoms with Gasteiger partial charge in [-0.3, -0.25) is 4.90 Å². The van der Waals surface area contributed by atoms with E-state index in [0.29, 0.717) is 26.3 Å². The molecule has 86 valence electrons. The number of aliphatic hydroxyl groups excluding tert-OH is 1. The van der Waals surface area contributed by atoms with E-state index in [1.807, 2.05) is 4.90 Å². The van der Waals surface area contributed by atoms with E-state index in [4.69, 9.17) is 9.84 Å². The van der Waals surface area contributed by atoms with Crippen molar-refractivity contribution in [2.45, 2.75) is 13.0 Å². The number of hydrogen-bond acceptors (Lipinski definition) is 4. The lowest BCUT2D eigenvalue weighted by Gasteiger charge is -2.20. The van der Waals surface area contributed by atoms with Gasteiger partial charge in [0, 0.05) is 25.7 Å². The molecule has 0 aliphatic carbocycles. The minimum Gasteiger partial charge on any atom is -0.478 e. The van der Waals surface area contributed by atoms with Crippen molar-refractivity contribution in [1.29, 1.82) is 0 Å². The second-order valence-corrected chi connectivity index (χ2v) is 3.79. The van der Waals surface area contributed by atoms with Crippen LogP contribution < -0.4 is 0 Å². The summed E-state index contributed by atoms with van der Waals surface area (Å²) in [7, 11) is 0. The fourth-order valence-electron chi connectivity index (χ4n) is 1.61. The van der Waals surface area contributed by atoms with Crippen LogP contribution in [0, 0.1) is 0 Å². The molecule has 0 radical (unpaired) electrons. The molecule has 1 saturated heterocycles. The molecule has 0 bridgehead atoms. The van der Waals surface area contributed by atoms with Gasteiger partial charge in [-0.15, -0.1) is 0 Å². The van der Waals surface area contributed by atoms with Crippen LogP contribution in [0.4, 0.5) is 0 Å². The van der Waals surface area contributed by atoms with Gasteiger partial charge >= 0.3 is 5.97 Å². The van der Waals surface area contributed by atoms with Gasteiger partial charge in [-0.25, -0.2) is 4.79 Å². The Hall–Kier alpha value is -0.910. The SMILES string of the molecule is C/C(=C\C(=O)O)CN1CCOCC(O)C1. The lowest BCUT2D eigenvalue weighted by atomic mass is 10.2. The number of carboxylic acids is 1. The first-order valence-corrected chi connectivity index (χ1v) is 4.96. The van der Waals surface area contributed by atoms with Crippen molar-refractivity contribution in [2.24, 2.45) is 0 Å². The van der Waals surface area contributed by atoms with Crippen LogP contribution in [0.15, 0.2) is 11.6 Å². The number of rotatable bonds is 3. The summed E-state index contributed by atoms with van der Waals surface area (Å²) in [4.78, 5) is 12.4. The van der Waals surface area contributed by atoms with Gasteiger partial charge < -0.3 is 14.9 Å². The van der Waals surface area contributed by atoms with Gasteiger partial charge in [0.25, 0.3) is 0 Å². The van der Waals surface area contributed by atoms with Gasteiger partial charge in [-0.05, 0) is 6.92 Å². The van der Waals surface area contributed by atoms with Crippen LogP contribution in [0.25, 0.3) is 0 Å². The fraction of sp³-hybridized carbons (Fsp3) is 0.700. The first-order chi connectivity index (χ1) is 7.08. The maximum Gasteiger partial charge on any atom is 0.328 e. The first kappa shape index (κ1) is 12.2. The van der Waals surface area contributed by atoms with Gasteiger partial charge in [-0.1, -0.05) is 5.57 Å². The number of nitrogens with zero attached hydrogens (tertiary/aromatic N) is 1. The van der Waals surface area contributed by atoms with Crippen molar-refractivity contribution >= 4 is 5.97 Å². The first-order valence-electron chi connectivity index (χ1n) is 4.96. The van der Waals surface area contributed by atoms with E-state index < -0.39 is 12.1 Å². The second kappa shape index (κ2) is 5.85. The zero-order valence-electron chi connectivity index (χ0n) is 8.85. The van der Waals surface area contributed by atoms with Crippen LogP contribution in [0.3, 0.4) is 0 Å². The topological polar surface area (TPSA) is 70.0 Å². The number of carboxylic acid groups (broad SMARTS) is 1. The van der Waals surface area contributed by atoms with Crippen molar-refractivity contribution in [2.75, 3.05) is 32.8 Å². The molecule has 1 rings (SSSR count). The molecule has 1 unspecified atom stereocenters. The average Bonchev–Trinajstić information content (AvgIpc) is 2.28. The molecule has 1 aliphatic rings. The molecule has 0 aromatic heterocycles. The molecule has 0 amide bonds. The van der Waals surface area contributed by atoms with Gasteiger partial charge in [0.05, 0.1) is 19.3 Å². The highest BCUT2D eigenvalue weighted by molar-refractivity contribution is 5.80. The molecule has 0 spiro atoms. The van der Waals surface area contributed by atoms with Gasteiger partial charge in [0.2, 0.25) is 0 Å². The standard InChI is InChI=1S/C10H17NO4/c1-8(4-10(13)14)5-11-2-3-15-7-9(12)6-11/h4,9,12H,2-3,5-7H2,1H3,(H,13,14)/b8-4+. The summed E-state index contributed by atoms with van der Waals surface area (Å²) >= 11 is 0. The summed E-state index contributed by atoms with van der Waals surface area (Å²) in [5.74, 6) is -0.931. The Balaban J connectivity index is 2.45. The molecule has 1 aliphatic heterocycles. The number of hydrogen-bond donors (Lipinski definition) is 2. The van der Waals surface area contributed by atoms with E-state index in [2.05, 4.69) is 0 Å². The summed E-state index contributed by atoms with van der Waals surface area (Å²) in [6.45, 7) is 4.53. The summed E-state index contributed by atoms with van der Waals surface area (Å²) < 4.78 is 5.17. The van der Waals surface area contributed by atoms with Gasteiger partial charge in [-0.2, -0.15) is 0 Å². The third-order valence-electron chi connectivity index (χ3n) is 2.17. The van der Waals surface area contributed by atoms with E-state index in [1.54, 1.807) is 6.92 Å². The quantitative estimate of drug-likeness (QED) is 0.633. The number of aliphatic hydroxyl groups is 1.